The van der Waals surface area contributed by atoms with Gasteiger partial charge < -0.3 is 4.74 Å². The number of hydrogen-bond donors (Lipinski definition) is 0. The second-order valence-electron chi connectivity index (χ2n) is 6.92. The maximum atomic E-state index is 12.1. The molecule has 0 N–H and O–H groups in total. The van der Waals surface area contributed by atoms with Gasteiger partial charge in [-0.05, 0) is 25.2 Å². The van der Waals surface area contributed by atoms with Crippen LogP contribution in [0.5, 0.6) is 0 Å². The lowest BCUT2D eigenvalue weighted by molar-refractivity contribution is -0.160. The summed E-state index contributed by atoms with van der Waals surface area (Å²) >= 11 is 0. The second kappa shape index (κ2) is 4.70. The molecule has 0 amide bonds. The highest BCUT2D eigenvalue weighted by atomic mass is 32.2. The molecule has 3 fully saturated rings. The molecule has 0 spiro atoms. The van der Waals surface area contributed by atoms with E-state index in [-0.39, 0.29) is 35.1 Å². The molecule has 114 valence electrons. The molecule has 1 saturated heterocycles. The third-order valence-electron chi connectivity index (χ3n) is 4.89. The lowest BCUT2D eigenvalue weighted by Gasteiger charge is -2.26. The van der Waals surface area contributed by atoms with Crippen molar-refractivity contribution in [2.75, 3.05) is 0 Å². The molecule has 2 aliphatic carbocycles. The summed E-state index contributed by atoms with van der Waals surface area (Å²) in [6.45, 7) is 6.00. The van der Waals surface area contributed by atoms with Crippen LogP contribution < -0.4 is 0 Å². The number of hydrogen-bond acceptors (Lipinski definition) is 5. The zero-order valence-electron chi connectivity index (χ0n) is 12.1. The number of ether oxygens (including phenoxy) is 1. The SMILES string of the molecule is CC(C)CC(C)C(=O)OC1C2CC3C(C2)S(=O)(=O)O[C@H]31. The zero-order valence-corrected chi connectivity index (χ0v) is 12.9. The normalized spacial score (nSPS) is 42.1. The van der Waals surface area contributed by atoms with Gasteiger partial charge in [0.2, 0.25) is 0 Å². The molecular weight excluding hydrogens is 280 g/mol. The van der Waals surface area contributed by atoms with Gasteiger partial charge in [0.05, 0.1) is 11.2 Å². The van der Waals surface area contributed by atoms with Crippen molar-refractivity contribution in [2.45, 2.75) is 57.5 Å². The maximum absolute atomic E-state index is 12.1. The number of carbonyl (C=O) groups is 1. The van der Waals surface area contributed by atoms with Crippen LogP contribution in [0.4, 0.5) is 0 Å². The van der Waals surface area contributed by atoms with E-state index in [9.17, 15) is 13.2 Å². The second-order valence-corrected chi connectivity index (χ2v) is 8.70. The smallest absolute Gasteiger partial charge is 0.309 e. The van der Waals surface area contributed by atoms with Crippen LogP contribution in [0.3, 0.4) is 0 Å². The van der Waals surface area contributed by atoms with E-state index in [4.69, 9.17) is 8.92 Å². The minimum atomic E-state index is -3.43. The van der Waals surface area contributed by atoms with Gasteiger partial charge in [-0.1, -0.05) is 20.8 Å². The van der Waals surface area contributed by atoms with E-state index < -0.39 is 16.2 Å². The van der Waals surface area contributed by atoms with Crippen molar-refractivity contribution in [2.24, 2.45) is 23.7 Å². The molecule has 3 rings (SSSR count). The van der Waals surface area contributed by atoms with Gasteiger partial charge >= 0.3 is 5.97 Å². The lowest BCUT2D eigenvalue weighted by Crippen LogP contribution is -2.38. The monoisotopic (exact) mass is 302 g/mol. The molecule has 0 radical (unpaired) electrons. The fraction of sp³-hybridized carbons (Fsp3) is 0.929. The predicted molar refractivity (Wildman–Crippen MR) is 72.3 cm³/mol. The summed E-state index contributed by atoms with van der Waals surface area (Å²) in [7, 11) is -3.43. The molecule has 3 aliphatic rings. The quantitative estimate of drug-likeness (QED) is 0.584. The molecule has 0 aromatic carbocycles. The first kappa shape index (κ1) is 14.3. The van der Waals surface area contributed by atoms with Crippen LogP contribution in [-0.2, 0) is 23.8 Å². The maximum Gasteiger partial charge on any atom is 0.309 e. The van der Waals surface area contributed by atoms with Crippen LogP contribution in [0.2, 0.25) is 0 Å². The van der Waals surface area contributed by atoms with Gasteiger partial charge in [0.15, 0.2) is 0 Å². The Morgan fingerprint density at radius 3 is 2.65 bits per heavy atom. The largest absolute Gasteiger partial charge is 0.459 e. The minimum absolute atomic E-state index is 0.0307. The van der Waals surface area contributed by atoms with E-state index in [1.807, 2.05) is 6.92 Å². The van der Waals surface area contributed by atoms with Gasteiger partial charge in [-0.15, -0.1) is 0 Å². The standard InChI is InChI=1S/C14H22O5S/c1-7(2)4-8(3)14(15)18-12-9-5-10-11(6-9)20(16,17)19-13(10)12/h7-13H,4-6H2,1-3H3/t8?,9?,10?,11?,12?,13-/m1/s1. The Kier molecular flexibility index (Phi) is 3.36. The van der Waals surface area contributed by atoms with Gasteiger partial charge in [-0.2, -0.15) is 8.42 Å². The molecule has 1 heterocycles. The van der Waals surface area contributed by atoms with Gasteiger partial charge in [-0.25, -0.2) is 0 Å². The molecule has 5 unspecified atom stereocenters. The van der Waals surface area contributed by atoms with E-state index in [1.165, 1.54) is 0 Å². The average molecular weight is 302 g/mol. The fourth-order valence-electron chi connectivity index (χ4n) is 4.10. The highest BCUT2D eigenvalue weighted by Gasteiger charge is 2.65. The Balaban J connectivity index is 1.67. The van der Waals surface area contributed by atoms with Crippen molar-refractivity contribution in [1.29, 1.82) is 0 Å². The minimum Gasteiger partial charge on any atom is -0.459 e. The molecule has 20 heavy (non-hydrogen) atoms. The summed E-state index contributed by atoms with van der Waals surface area (Å²) in [4.78, 5) is 12.1. The van der Waals surface area contributed by atoms with Crippen LogP contribution in [0.1, 0.15) is 40.0 Å². The Labute approximate surface area is 120 Å². The van der Waals surface area contributed by atoms with E-state index in [2.05, 4.69) is 13.8 Å². The molecule has 6 heteroatoms. The first-order valence-electron chi connectivity index (χ1n) is 7.42. The van der Waals surface area contributed by atoms with Crippen molar-refractivity contribution in [3.63, 3.8) is 0 Å². The molecule has 0 aromatic rings. The van der Waals surface area contributed by atoms with Gasteiger partial charge in [0.25, 0.3) is 10.1 Å². The van der Waals surface area contributed by atoms with Crippen LogP contribution in [-0.4, -0.2) is 31.8 Å². The molecule has 2 saturated carbocycles. The topological polar surface area (TPSA) is 69.7 Å². The number of carbonyl (C=O) groups excluding carboxylic acids is 1. The summed E-state index contributed by atoms with van der Waals surface area (Å²) in [6.07, 6.45) is 1.38. The van der Waals surface area contributed by atoms with E-state index in [0.717, 1.165) is 12.8 Å². The van der Waals surface area contributed by atoms with Crippen molar-refractivity contribution < 1.29 is 22.1 Å². The van der Waals surface area contributed by atoms with Crippen LogP contribution in [0, 0.1) is 23.7 Å². The predicted octanol–water partition coefficient (Wildman–Crippen LogP) is 1.72. The summed E-state index contributed by atoms with van der Waals surface area (Å²) < 4.78 is 34.5. The van der Waals surface area contributed by atoms with Crippen molar-refractivity contribution in [1.82, 2.24) is 0 Å². The Morgan fingerprint density at radius 1 is 1.30 bits per heavy atom. The third-order valence-corrected chi connectivity index (χ3v) is 6.67. The van der Waals surface area contributed by atoms with Crippen LogP contribution >= 0.6 is 0 Å². The van der Waals surface area contributed by atoms with Gasteiger partial charge in [0, 0.05) is 11.8 Å². The first-order valence-corrected chi connectivity index (χ1v) is 8.89. The third kappa shape index (κ3) is 2.17. The highest BCUT2D eigenvalue weighted by Crippen LogP contribution is 2.55. The molecule has 1 aliphatic heterocycles. The summed E-state index contributed by atoms with van der Waals surface area (Å²) in [6, 6.07) is 0. The molecule has 5 nitrogen and oxygen atoms in total. The molecule has 0 aromatic heterocycles. The fourth-order valence-corrected chi connectivity index (χ4v) is 5.98. The average Bonchev–Trinajstić information content (AvgIpc) is 2.92. The number of fused-ring (bicyclic) bond motifs is 1. The van der Waals surface area contributed by atoms with E-state index in [1.54, 1.807) is 0 Å². The molecule has 6 atom stereocenters. The van der Waals surface area contributed by atoms with Crippen molar-refractivity contribution in [3.05, 3.63) is 0 Å². The van der Waals surface area contributed by atoms with Gasteiger partial charge in [0.1, 0.15) is 12.2 Å². The van der Waals surface area contributed by atoms with Crippen molar-refractivity contribution in [3.8, 4) is 0 Å². The van der Waals surface area contributed by atoms with Crippen molar-refractivity contribution >= 4 is 16.1 Å². The zero-order chi connectivity index (χ0) is 14.7. The summed E-state index contributed by atoms with van der Waals surface area (Å²) in [5, 5.41) is -0.361. The van der Waals surface area contributed by atoms with Gasteiger partial charge in [-0.3, -0.25) is 8.98 Å². The molecular formula is C14H22O5S. The highest BCUT2D eigenvalue weighted by molar-refractivity contribution is 7.87. The number of esters is 1. The van der Waals surface area contributed by atoms with Crippen LogP contribution in [0.25, 0.3) is 0 Å². The number of rotatable bonds is 4. The Hall–Kier alpha value is -0.620. The Bertz CT molecular complexity index is 512. The first-order chi connectivity index (χ1) is 9.29. The summed E-state index contributed by atoms with van der Waals surface area (Å²) in [5.41, 5.74) is 0. The van der Waals surface area contributed by atoms with E-state index in [0.29, 0.717) is 12.3 Å². The lowest BCUT2D eigenvalue weighted by atomic mass is 9.94. The van der Waals surface area contributed by atoms with E-state index >= 15 is 0 Å². The summed E-state index contributed by atoms with van der Waals surface area (Å²) in [5.74, 6) is 0.249. The van der Waals surface area contributed by atoms with Crippen LogP contribution in [0.15, 0.2) is 0 Å². The molecule has 2 bridgehead atoms. The Morgan fingerprint density at radius 2 is 2.00 bits per heavy atom.